The van der Waals surface area contributed by atoms with E-state index in [0.29, 0.717) is 11.7 Å². The van der Waals surface area contributed by atoms with Crippen LogP contribution in [0.25, 0.3) is 0 Å². The monoisotopic (exact) mass is 257 g/mol. The molecule has 0 saturated carbocycles. The second-order valence-corrected chi connectivity index (χ2v) is 5.53. The lowest BCUT2D eigenvalue weighted by Crippen LogP contribution is -2.37. The van der Waals surface area contributed by atoms with Crippen molar-refractivity contribution in [1.82, 2.24) is 5.32 Å². The van der Waals surface area contributed by atoms with Crippen molar-refractivity contribution >= 4 is 16.7 Å². The van der Waals surface area contributed by atoms with Gasteiger partial charge in [-0.3, -0.25) is 9.00 Å². The van der Waals surface area contributed by atoms with Gasteiger partial charge in [0.25, 0.3) is 0 Å². The zero-order chi connectivity index (χ0) is 12.2. The summed E-state index contributed by atoms with van der Waals surface area (Å²) in [6.45, 7) is 0.0477. The van der Waals surface area contributed by atoms with Crippen molar-refractivity contribution in [2.24, 2.45) is 0 Å². The summed E-state index contributed by atoms with van der Waals surface area (Å²) in [4.78, 5) is 10.4. The maximum atomic E-state index is 11.7. The first kappa shape index (κ1) is 13.5. The summed E-state index contributed by atoms with van der Waals surface area (Å²) in [5.41, 5.74) is 0. The number of carbonyl (C=O) groups is 1. The number of hydrogen-bond donors (Lipinski definition) is 1. The third-order valence-electron chi connectivity index (χ3n) is 2.35. The van der Waals surface area contributed by atoms with Gasteiger partial charge in [0.05, 0.1) is 0 Å². The molecule has 0 bridgehead atoms. The van der Waals surface area contributed by atoms with E-state index in [-0.39, 0.29) is 6.54 Å². The van der Waals surface area contributed by atoms with Crippen LogP contribution >= 0.6 is 0 Å². The van der Waals surface area contributed by atoms with Crippen molar-refractivity contribution < 1.29 is 22.2 Å². The summed E-state index contributed by atoms with van der Waals surface area (Å²) in [6.07, 6.45) is -1.77. The van der Waals surface area contributed by atoms with Gasteiger partial charge in [-0.2, -0.15) is 13.2 Å². The SMILES string of the molecule is O=C(NCCCCC[C@H]1CS1=O)C(F)(F)F. The number of unbranched alkanes of at least 4 members (excludes halogenated alkanes) is 2. The molecule has 3 nitrogen and oxygen atoms in total. The van der Waals surface area contributed by atoms with Crippen LogP contribution in [0.15, 0.2) is 0 Å². The molecule has 0 aromatic heterocycles. The predicted octanol–water partition coefficient (Wildman–Crippen LogP) is 1.36. The number of hydrogen-bond acceptors (Lipinski definition) is 2. The van der Waals surface area contributed by atoms with Crippen molar-refractivity contribution in [3.05, 3.63) is 0 Å². The van der Waals surface area contributed by atoms with Crippen molar-refractivity contribution in [1.29, 1.82) is 0 Å². The van der Waals surface area contributed by atoms with Crippen molar-refractivity contribution in [3.63, 3.8) is 0 Å². The highest BCUT2D eigenvalue weighted by atomic mass is 32.2. The van der Waals surface area contributed by atoms with Crippen LogP contribution < -0.4 is 5.32 Å². The van der Waals surface area contributed by atoms with Gasteiger partial charge in [0.2, 0.25) is 0 Å². The van der Waals surface area contributed by atoms with Gasteiger partial charge in [0, 0.05) is 28.3 Å². The molecule has 0 radical (unpaired) electrons. The molecule has 2 atom stereocenters. The van der Waals surface area contributed by atoms with Gasteiger partial charge in [-0.15, -0.1) is 0 Å². The first-order valence-corrected chi connectivity index (χ1v) is 6.51. The van der Waals surface area contributed by atoms with Crippen LogP contribution in [0.5, 0.6) is 0 Å². The number of nitrogens with one attached hydrogen (secondary N) is 1. The van der Waals surface area contributed by atoms with E-state index < -0.39 is 22.9 Å². The molecule has 7 heteroatoms. The zero-order valence-corrected chi connectivity index (χ0v) is 9.50. The van der Waals surface area contributed by atoms with Gasteiger partial charge in [-0.1, -0.05) is 12.8 Å². The molecule has 1 amide bonds. The van der Waals surface area contributed by atoms with Gasteiger partial charge < -0.3 is 5.32 Å². The third-order valence-corrected chi connectivity index (χ3v) is 3.80. The van der Waals surface area contributed by atoms with Crippen LogP contribution in [0.2, 0.25) is 0 Å². The van der Waals surface area contributed by atoms with E-state index in [1.165, 1.54) is 0 Å². The van der Waals surface area contributed by atoms with Crippen molar-refractivity contribution in [2.75, 3.05) is 12.3 Å². The maximum absolute atomic E-state index is 11.7. The molecule has 0 aliphatic carbocycles. The molecule has 0 aromatic rings. The lowest BCUT2D eigenvalue weighted by atomic mass is 10.1. The Kier molecular flexibility index (Phi) is 4.76. The molecule has 0 spiro atoms. The number of alkyl halides is 3. The second kappa shape index (κ2) is 5.65. The molecule has 1 aliphatic rings. The summed E-state index contributed by atoms with van der Waals surface area (Å²) in [6, 6.07) is 0. The van der Waals surface area contributed by atoms with E-state index in [4.69, 9.17) is 0 Å². The lowest BCUT2D eigenvalue weighted by molar-refractivity contribution is -0.173. The first-order chi connectivity index (χ1) is 7.41. The highest BCUT2D eigenvalue weighted by Gasteiger charge is 2.38. The predicted molar refractivity (Wildman–Crippen MR) is 54.3 cm³/mol. The Morgan fingerprint density at radius 3 is 2.44 bits per heavy atom. The van der Waals surface area contributed by atoms with Crippen LogP contribution in [-0.2, 0) is 15.6 Å². The zero-order valence-electron chi connectivity index (χ0n) is 8.68. The van der Waals surface area contributed by atoms with Crippen LogP contribution in [0.1, 0.15) is 25.7 Å². The van der Waals surface area contributed by atoms with Gasteiger partial charge >= 0.3 is 12.1 Å². The molecule has 1 aliphatic heterocycles. The smallest absolute Gasteiger partial charge is 0.348 e. The average Bonchev–Trinajstić information content (AvgIpc) is 2.86. The van der Waals surface area contributed by atoms with Crippen LogP contribution in [0, 0.1) is 0 Å². The standard InChI is InChI=1S/C9H14F3NO2S/c10-9(11,12)8(14)13-5-3-1-2-4-7-6-16(7)15/h7H,1-6H2,(H,13,14)/t7-,16?/m0/s1. The van der Waals surface area contributed by atoms with Crippen molar-refractivity contribution in [3.8, 4) is 0 Å². The van der Waals surface area contributed by atoms with Gasteiger partial charge in [-0.25, -0.2) is 0 Å². The number of halogens is 3. The summed E-state index contributed by atoms with van der Waals surface area (Å²) < 4.78 is 45.9. The Morgan fingerprint density at radius 2 is 1.94 bits per heavy atom. The Hall–Kier alpha value is -0.590. The minimum Gasteiger partial charge on any atom is -0.348 e. The molecule has 16 heavy (non-hydrogen) atoms. The largest absolute Gasteiger partial charge is 0.471 e. The fourth-order valence-electron chi connectivity index (χ4n) is 1.33. The maximum Gasteiger partial charge on any atom is 0.471 e. The summed E-state index contributed by atoms with van der Waals surface area (Å²) in [5, 5.41) is 2.12. The number of rotatable bonds is 6. The molecule has 1 unspecified atom stereocenters. The minimum absolute atomic E-state index is 0.0477. The van der Waals surface area contributed by atoms with Gasteiger partial charge in [-0.05, 0) is 12.8 Å². The lowest BCUT2D eigenvalue weighted by Gasteiger charge is -2.07. The van der Waals surface area contributed by atoms with E-state index in [2.05, 4.69) is 0 Å². The summed E-state index contributed by atoms with van der Waals surface area (Å²) in [7, 11) is -0.644. The van der Waals surface area contributed by atoms with E-state index in [1.807, 2.05) is 5.32 Å². The molecular formula is C9H14F3NO2S. The topological polar surface area (TPSA) is 46.2 Å². The average molecular weight is 257 g/mol. The summed E-state index contributed by atoms with van der Waals surface area (Å²) >= 11 is 0. The van der Waals surface area contributed by atoms with E-state index >= 15 is 0 Å². The molecule has 0 aromatic carbocycles. The van der Waals surface area contributed by atoms with Crippen LogP contribution in [0.4, 0.5) is 13.2 Å². The van der Waals surface area contributed by atoms with E-state index in [9.17, 15) is 22.2 Å². The Morgan fingerprint density at radius 1 is 1.31 bits per heavy atom. The van der Waals surface area contributed by atoms with Gasteiger partial charge in [0.1, 0.15) is 0 Å². The molecule has 1 N–H and O–H groups in total. The molecule has 1 rings (SSSR count). The van der Waals surface area contributed by atoms with Crippen LogP contribution in [-0.4, -0.2) is 33.8 Å². The minimum atomic E-state index is -4.79. The fourth-order valence-corrected chi connectivity index (χ4v) is 2.39. The number of carbonyl (C=O) groups excluding carboxylic acids is 1. The summed E-state index contributed by atoms with van der Waals surface area (Å²) in [5.74, 6) is -1.11. The molecule has 1 fully saturated rings. The molecule has 1 heterocycles. The third kappa shape index (κ3) is 4.96. The Balaban J connectivity index is 1.91. The van der Waals surface area contributed by atoms with E-state index in [0.717, 1.165) is 25.0 Å². The Bertz CT molecular complexity index is 280. The second-order valence-electron chi connectivity index (χ2n) is 3.77. The molecule has 1 saturated heterocycles. The Labute approximate surface area is 94.2 Å². The number of amides is 1. The van der Waals surface area contributed by atoms with Gasteiger partial charge in [0.15, 0.2) is 0 Å². The van der Waals surface area contributed by atoms with E-state index in [1.54, 1.807) is 0 Å². The fraction of sp³-hybridized carbons (Fsp3) is 0.889. The first-order valence-electron chi connectivity index (χ1n) is 5.13. The highest BCUT2D eigenvalue weighted by molar-refractivity contribution is 7.92. The quantitative estimate of drug-likeness (QED) is 0.577. The highest BCUT2D eigenvalue weighted by Crippen LogP contribution is 2.22. The molecular weight excluding hydrogens is 243 g/mol. The normalized spacial score (nSPS) is 24.2. The molecule has 94 valence electrons. The van der Waals surface area contributed by atoms with Crippen LogP contribution in [0.3, 0.4) is 0 Å². The van der Waals surface area contributed by atoms with Crippen molar-refractivity contribution in [2.45, 2.75) is 37.1 Å².